The molecule has 0 spiro atoms. The fourth-order valence-electron chi connectivity index (χ4n) is 18.2. The van der Waals surface area contributed by atoms with Gasteiger partial charge in [0.1, 0.15) is 0 Å². The zero-order valence-corrected chi connectivity index (χ0v) is 58.4. The van der Waals surface area contributed by atoms with Crippen LogP contribution in [0.4, 0.5) is 51.2 Å². The van der Waals surface area contributed by atoms with Crippen molar-refractivity contribution in [3.05, 3.63) is 177 Å². The van der Waals surface area contributed by atoms with E-state index in [2.05, 4.69) is 244 Å². The van der Waals surface area contributed by atoms with Crippen molar-refractivity contribution in [2.45, 2.75) is 257 Å². The van der Waals surface area contributed by atoms with E-state index in [1.807, 2.05) is 11.3 Å². The third-order valence-electron chi connectivity index (χ3n) is 24.8. The quantitative estimate of drug-likeness (QED) is 0.159. The lowest BCUT2D eigenvalue weighted by Gasteiger charge is -2.48. The maximum Gasteiger partial charge on any atom is 0.264 e. The highest BCUT2D eigenvalue weighted by atomic mass is 32.1. The summed E-state index contributed by atoms with van der Waals surface area (Å²) in [4.78, 5) is 7.35. The lowest BCUT2D eigenvalue weighted by molar-refractivity contribution is 0.332. The number of hydrogen-bond acceptors (Lipinski definition) is 4. The molecule has 3 nitrogen and oxygen atoms in total. The molecule has 2 aliphatic heterocycles. The smallest absolute Gasteiger partial charge is 0.264 e. The van der Waals surface area contributed by atoms with Crippen LogP contribution < -0.4 is 30.4 Å². The molecule has 7 aliphatic rings. The number of anilines is 9. The largest absolute Gasteiger partial charge is 0.311 e. The van der Waals surface area contributed by atoms with E-state index in [0.29, 0.717) is 0 Å². The van der Waals surface area contributed by atoms with Crippen LogP contribution in [0.15, 0.2) is 121 Å². The first-order valence-electron chi connectivity index (χ1n) is 36.5. The fourth-order valence-corrected chi connectivity index (χ4v) is 19.5. The van der Waals surface area contributed by atoms with Gasteiger partial charge in [-0.1, -0.05) is 181 Å². The Bertz CT molecular complexity index is 4600. The average Bonchev–Trinajstić information content (AvgIpc) is 1.25. The summed E-state index contributed by atoms with van der Waals surface area (Å²) < 4.78 is 50.9. The van der Waals surface area contributed by atoms with Crippen molar-refractivity contribution in [2.75, 3.05) is 14.7 Å². The number of para-hydroxylation sites is 1. The highest BCUT2D eigenvalue weighted by Gasteiger charge is 2.51. The van der Waals surface area contributed by atoms with Crippen LogP contribution in [0.3, 0.4) is 0 Å². The average molecular weight is 1200 g/mol. The van der Waals surface area contributed by atoms with Crippen molar-refractivity contribution in [2.24, 2.45) is 0 Å². The Balaban J connectivity index is 1.15. The molecule has 0 amide bonds. The van der Waals surface area contributed by atoms with Gasteiger partial charge in [0.25, 0.3) is 6.71 Å². The van der Waals surface area contributed by atoms with Crippen LogP contribution in [0.1, 0.15) is 265 Å². The predicted molar refractivity (Wildman–Crippen MR) is 387 cm³/mol. The highest BCUT2D eigenvalue weighted by molar-refractivity contribution is 7.33. The highest BCUT2D eigenvalue weighted by Crippen LogP contribution is 2.59. The minimum absolute atomic E-state index is 0.00626. The van der Waals surface area contributed by atoms with E-state index in [-0.39, 0.29) is 90.7 Å². The number of hydrogen-bond donors (Lipinski definition) is 0. The molecule has 5 heteroatoms. The number of rotatable bonds is 5. The Kier molecular flexibility index (Phi) is 11.3. The van der Waals surface area contributed by atoms with Crippen LogP contribution in [-0.2, 0) is 54.1 Å². The molecule has 460 valence electrons. The maximum absolute atomic E-state index is 10.1. The van der Waals surface area contributed by atoms with E-state index in [1.165, 1.54) is 92.8 Å². The molecule has 0 fully saturated rings. The first kappa shape index (κ1) is 53.6. The molecule has 0 unspecified atom stereocenters. The Morgan fingerprint density at radius 1 is 0.360 bits per heavy atom. The summed E-state index contributed by atoms with van der Waals surface area (Å²) in [6.07, 6.45) is 10.8. The molecule has 8 aromatic rings. The minimum atomic E-state index is -0.401. The van der Waals surface area contributed by atoms with Crippen molar-refractivity contribution < 1.29 is 6.85 Å². The van der Waals surface area contributed by atoms with Crippen LogP contribution in [0.2, 0.25) is 0 Å². The first-order valence-corrected chi connectivity index (χ1v) is 34.8. The van der Waals surface area contributed by atoms with E-state index in [0.717, 1.165) is 98.3 Å². The van der Waals surface area contributed by atoms with Gasteiger partial charge in [-0.05, 0) is 264 Å². The van der Waals surface area contributed by atoms with Gasteiger partial charge in [-0.2, -0.15) is 0 Å². The van der Waals surface area contributed by atoms with Gasteiger partial charge in [-0.15, -0.1) is 11.3 Å². The molecule has 0 bridgehead atoms. The van der Waals surface area contributed by atoms with E-state index < -0.39 is 6.04 Å². The predicted octanol–water partition coefficient (Wildman–Crippen LogP) is 22.2. The second-order valence-electron chi connectivity index (χ2n) is 35.5. The third-order valence-corrected chi connectivity index (χ3v) is 26.0. The van der Waals surface area contributed by atoms with Gasteiger partial charge in [-0.3, -0.25) is 0 Å². The second-order valence-corrected chi connectivity index (χ2v) is 36.6. The topological polar surface area (TPSA) is 9.72 Å². The Morgan fingerprint density at radius 2 is 0.742 bits per heavy atom. The van der Waals surface area contributed by atoms with Crippen molar-refractivity contribution in [3.63, 3.8) is 0 Å². The second kappa shape index (κ2) is 18.8. The van der Waals surface area contributed by atoms with Gasteiger partial charge in [0.15, 0.2) is 0 Å². The molecule has 0 saturated carbocycles. The Labute approximate surface area is 547 Å². The van der Waals surface area contributed by atoms with E-state index in [9.17, 15) is 5.48 Å². The summed E-state index contributed by atoms with van der Waals surface area (Å²) >= 11 is 2.00. The maximum atomic E-state index is 10.1. The third kappa shape index (κ3) is 8.81. The number of nitrogens with zero attached hydrogens (tertiary/aromatic N) is 3. The summed E-state index contributed by atoms with van der Waals surface area (Å²) in [6, 6.07) is 35.3. The lowest BCUT2D eigenvalue weighted by atomic mass is 9.35. The van der Waals surface area contributed by atoms with E-state index >= 15 is 0 Å². The van der Waals surface area contributed by atoms with Gasteiger partial charge < -0.3 is 14.7 Å². The zero-order valence-electron chi connectivity index (χ0n) is 62.6. The van der Waals surface area contributed by atoms with Gasteiger partial charge in [0.2, 0.25) is 0 Å². The van der Waals surface area contributed by atoms with Gasteiger partial charge >= 0.3 is 0 Å². The molecule has 89 heavy (non-hydrogen) atoms. The SMILES string of the molecule is [2H]c1c([2H])c([2H])c(N(c2cc3c4c(c2)N(c2ccc5c(c2)C(C)(C)CCC5(C)C)c2c(sc5cc6c(cc25)C(C)(C)CCC6(C)C)B4c2cc4c(cc2N3c2ccc3c(c2)C(C)(C)CCC3(C)C)C(C)(C)CCC4(C)C)c2ccc3c(c2)C(C)(C)CCC3(C)C)c([2H])c1[2H]. The summed E-state index contributed by atoms with van der Waals surface area (Å²) in [5.41, 5.74) is 24.0. The molecule has 1 aromatic heterocycles. The molecule has 7 aromatic carbocycles. The molecule has 0 atom stereocenters. The van der Waals surface area contributed by atoms with Crippen LogP contribution >= 0.6 is 11.3 Å². The summed E-state index contributed by atoms with van der Waals surface area (Å²) in [5.74, 6) is 0. The summed E-state index contributed by atoms with van der Waals surface area (Å²) in [5, 5.41) is 1.27. The van der Waals surface area contributed by atoms with Crippen LogP contribution in [0, 0.1) is 0 Å². The van der Waals surface area contributed by atoms with E-state index in [1.54, 1.807) is 0 Å². The van der Waals surface area contributed by atoms with Crippen LogP contribution in [0.5, 0.6) is 0 Å². The molecule has 5 aliphatic carbocycles. The summed E-state index contributed by atoms with van der Waals surface area (Å²) in [6.45, 7) is 48.4. The molecule has 0 N–H and O–H groups in total. The minimum Gasteiger partial charge on any atom is -0.311 e. The zero-order chi connectivity index (χ0) is 67.4. The molecule has 0 radical (unpaired) electrons. The number of fused-ring (bicyclic) bond motifs is 11. The monoisotopic (exact) mass is 1200 g/mol. The van der Waals surface area contributed by atoms with Gasteiger partial charge in [0.05, 0.1) is 18.2 Å². The lowest BCUT2D eigenvalue weighted by Crippen LogP contribution is -2.61. The number of thiophene rings is 1. The standard InChI is InChI=1S/C84H100BN3S/c1-75(2)32-35-78(7,8)60-42-52(26-29-57(60)75)86(51-24-22-21-23-25-51)55-45-69-72-70(46-55)88(54-28-31-59-62(44-54)80(11,12)37-34-77(59,5)6)73-56-47-63-66(84(19,20)41-38-81(63,13)14)50-71(56)89-74(73)85(72)67-48-64-65(83(17,18)40-39-82(64,15)16)49-68(67)87(69)53-27-30-58-61(43-53)79(9,10)36-33-76(58,3)4/h21-31,42-50H,32-41H2,1-20H3/i21D,22D,23D,24D,25D. The summed E-state index contributed by atoms with van der Waals surface area (Å²) in [7, 11) is 0. The van der Waals surface area contributed by atoms with Crippen molar-refractivity contribution in [3.8, 4) is 0 Å². The molecular formula is C84H100BN3S. The first-order chi connectivity index (χ1) is 43.6. The van der Waals surface area contributed by atoms with Gasteiger partial charge in [-0.25, -0.2) is 0 Å². The van der Waals surface area contributed by atoms with Gasteiger partial charge in [0, 0.05) is 54.7 Å². The molecule has 15 rings (SSSR count). The van der Waals surface area contributed by atoms with Crippen molar-refractivity contribution in [1.29, 1.82) is 0 Å². The Hall–Kier alpha value is -6.04. The molecular weight excluding hydrogens is 1090 g/mol. The normalized spacial score (nSPS) is 23.1. The fraction of sp³-hybridized carbons (Fsp3) is 0.476. The van der Waals surface area contributed by atoms with Crippen LogP contribution in [0.25, 0.3) is 10.1 Å². The van der Waals surface area contributed by atoms with E-state index in [4.69, 9.17) is 1.37 Å². The van der Waals surface area contributed by atoms with Crippen molar-refractivity contribution in [1.82, 2.24) is 0 Å². The van der Waals surface area contributed by atoms with Crippen LogP contribution in [-0.4, -0.2) is 6.71 Å². The van der Waals surface area contributed by atoms with Crippen molar-refractivity contribution >= 4 is 95.0 Å². The number of benzene rings is 7. The molecule has 0 saturated heterocycles. The molecule has 3 heterocycles. The Morgan fingerprint density at radius 3 is 1.22 bits per heavy atom.